The second kappa shape index (κ2) is 3.32. The van der Waals surface area contributed by atoms with Crippen molar-refractivity contribution < 1.29 is 14.5 Å². The minimum Gasteiger partial charge on any atom is -0.473 e. The SMILES string of the molecule is OB(O)c1ccco1.[C]. The number of hydrogen-bond acceptors (Lipinski definition) is 3. The van der Waals surface area contributed by atoms with E-state index >= 15 is 0 Å². The van der Waals surface area contributed by atoms with Gasteiger partial charge in [0.05, 0.1) is 6.26 Å². The van der Waals surface area contributed by atoms with Crippen molar-refractivity contribution in [1.82, 2.24) is 0 Å². The molecule has 1 aromatic heterocycles. The van der Waals surface area contributed by atoms with Crippen molar-refractivity contribution in [2.75, 3.05) is 0 Å². The van der Waals surface area contributed by atoms with Crippen molar-refractivity contribution >= 4 is 12.8 Å². The molecule has 0 unspecified atom stereocenters. The van der Waals surface area contributed by atoms with Gasteiger partial charge in [-0.2, -0.15) is 0 Å². The Morgan fingerprint density at radius 3 is 2.33 bits per heavy atom. The fourth-order valence-corrected chi connectivity index (χ4v) is 0.438. The van der Waals surface area contributed by atoms with E-state index in [1.54, 1.807) is 6.07 Å². The summed E-state index contributed by atoms with van der Waals surface area (Å²) in [6, 6.07) is 3.08. The quantitative estimate of drug-likeness (QED) is 0.474. The van der Waals surface area contributed by atoms with Gasteiger partial charge in [-0.15, -0.1) is 0 Å². The molecule has 1 heterocycles. The largest absolute Gasteiger partial charge is 0.526 e. The molecule has 4 heteroatoms. The van der Waals surface area contributed by atoms with Crippen LogP contribution in [0.5, 0.6) is 0 Å². The van der Waals surface area contributed by atoms with E-state index in [2.05, 4.69) is 4.42 Å². The van der Waals surface area contributed by atoms with Crippen LogP contribution in [0, 0.1) is 7.43 Å². The highest BCUT2D eigenvalue weighted by molar-refractivity contribution is 6.56. The predicted molar refractivity (Wildman–Crippen MR) is 31.8 cm³/mol. The van der Waals surface area contributed by atoms with Gasteiger partial charge in [-0.1, -0.05) is 0 Å². The summed E-state index contributed by atoms with van der Waals surface area (Å²) >= 11 is 0. The van der Waals surface area contributed by atoms with Crippen LogP contribution in [0.25, 0.3) is 0 Å². The highest BCUT2D eigenvalue weighted by Crippen LogP contribution is 1.82. The summed E-state index contributed by atoms with van der Waals surface area (Å²) in [6.45, 7) is 0. The molecule has 4 radical (unpaired) electrons. The van der Waals surface area contributed by atoms with Crippen molar-refractivity contribution in [1.29, 1.82) is 0 Å². The molecule has 46 valence electrons. The highest BCUT2D eigenvalue weighted by atomic mass is 16.4. The second-order valence-corrected chi connectivity index (χ2v) is 1.39. The van der Waals surface area contributed by atoms with Crippen molar-refractivity contribution in [2.45, 2.75) is 0 Å². The lowest BCUT2D eigenvalue weighted by Crippen LogP contribution is -2.27. The van der Waals surface area contributed by atoms with Gasteiger partial charge in [-0.3, -0.25) is 0 Å². The smallest absolute Gasteiger partial charge is 0.473 e. The lowest BCUT2D eigenvalue weighted by molar-refractivity contribution is 0.409. The Morgan fingerprint density at radius 1 is 1.44 bits per heavy atom. The molecule has 0 aliphatic rings. The maximum atomic E-state index is 8.37. The average molecular weight is 124 g/mol. The maximum absolute atomic E-state index is 8.37. The van der Waals surface area contributed by atoms with E-state index in [1.165, 1.54) is 12.3 Å². The fraction of sp³-hybridized carbons (Fsp3) is 0. The molecule has 0 fully saturated rings. The molecular formula is C5H5BO3. The molecule has 3 nitrogen and oxygen atoms in total. The molecule has 2 N–H and O–H groups in total. The standard InChI is InChI=1S/C4H5BO3.C/c6-5(7)4-2-1-3-8-4;/h1-3,6-7H;. The van der Waals surface area contributed by atoms with Gasteiger partial charge in [0.25, 0.3) is 0 Å². The Kier molecular flexibility index (Phi) is 3.05. The van der Waals surface area contributed by atoms with Crippen LogP contribution < -0.4 is 5.66 Å². The minimum atomic E-state index is -1.48. The van der Waals surface area contributed by atoms with Gasteiger partial charge in [0, 0.05) is 7.43 Å². The topological polar surface area (TPSA) is 53.6 Å². The molecular weight excluding hydrogens is 119 g/mol. The normalized spacial score (nSPS) is 8.22. The van der Waals surface area contributed by atoms with E-state index in [1.807, 2.05) is 0 Å². The summed E-state index contributed by atoms with van der Waals surface area (Å²) in [5, 5.41) is 16.7. The van der Waals surface area contributed by atoms with E-state index in [4.69, 9.17) is 10.0 Å². The van der Waals surface area contributed by atoms with Gasteiger partial charge < -0.3 is 14.5 Å². The Labute approximate surface area is 54.1 Å². The summed E-state index contributed by atoms with van der Waals surface area (Å²) in [6.07, 6.45) is 1.38. The Bertz CT molecular complexity index is 147. The molecule has 0 atom stereocenters. The highest BCUT2D eigenvalue weighted by Gasteiger charge is 2.12. The average Bonchev–Trinajstić information content (AvgIpc) is 2.12. The molecule has 1 aromatic rings. The first kappa shape index (κ1) is 8.26. The van der Waals surface area contributed by atoms with Crippen molar-refractivity contribution in [2.24, 2.45) is 0 Å². The molecule has 1 rings (SSSR count). The maximum Gasteiger partial charge on any atom is 0.526 e. The lowest BCUT2D eigenvalue weighted by atomic mass is 9.88. The van der Waals surface area contributed by atoms with Crippen molar-refractivity contribution in [3.8, 4) is 0 Å². The summed E-state index contributed by atoms with van der Waals surface area (Å²) < 4.78 is 4.59. The minimum absolute atomic E-state index is 0. The van der Waals surface area contributed by atoms with E-state index in [0.29, 0.717) is 0 Å². The lowest BCUT2D eigenvalue weighted by Gasteiger charge is -1.86. The van der Waals surface area contributed by atoms with Gasteiger partial charge in [-0.05, 0) is 12.1 Å². The van der Waals surface area contributed by atoms with Crippen LogP contribution in [0.4, 0.5) is 0 Å². The molecule has 0 bridgehead atoms. The van der Waals surface area contributed by atoms with Crippen molar-refractivity contribution in [3.63, 3.8) is 0 Å². The van der Waals surface area contributed by atoms with Gasteiger partial charge in [-0.25, -0.2) is 0 Å². The zero-order valence-electron chi connectivity index (χ0n) is 4.61. The van der Waals surface area contributed by atoms with Crippen LogP contribution in [-0.2, 0) is 0 Å². The third-order valence-corrected chi connectivity index (χ3v) is 0.798. The van der Waals surface area contributed by atoms with Crippen LogP contribution in [0.2, 0.25) is 0 Å². The van der Waals surface area contributed by atoms with Crippen LogP contribution >= 0.6 is 0 Å². The Morgan fingerprint density at radius 2 is 2.11 bits per heavy atom. The summed E-state index contributed by atoms with van der Waals surface area (Å²) in [5.41, 5.74) is 0.171. The van der Waals surface area contributed by atoms with Crippen LogP contribution in [-0.4, -0.2) is 17.2 Å². The van der Waals surface area contributed by atoms with Crippen LogP contribution in [0.1, 0.15) is 0 Å². The zero-order valence-corrected chi connectivity index (χ0v) is 4.61. The predicted octanol–water partition coefficient (Wildman–Crippen LogP) is -0.959. The monoisotopic (exact) mass is 124 g/mol. The van der Waals surface area contributed by atoms with E-state index in [9.17, 15) is 0 Å². The fourth-order valence-electron chi connectivity index (χ4n) is 0.438. The first-order chi connectivity index (χ1) is 3.80. The number of rotatable bonds is 1. The third-order valence-electron chi connectivity index (χ3n) is 0.798. The summed E-state index contributed by atoms with van der Waals surface area (Å²) in [5.74, 6) is 0. The second-order valence-electron chi connectivity index (χ2n) is 1.39. The third kappa shape index (κ3) is 1.91. The molecule has 0 saturated heterocycles. The number of furan rings is 1. The molecule has 0 aliphatic carbocycles. The van der Waals surface area contributed by atoms with Gasteiger partial charge in [0.1, 0.15) is 5.66 Å². The molecule has 0 amide bonds. The number of hydrogen-bond donors (Lipinski definition) is 2. The van der Waals surface area contributed by atoms with E-state index in [0.717, 1.165) is 0 Å². The van der Waals surface area contributed by atoms with Gasteiger partial charge >= 0.3 is 7.12 Å². The van der Waals surface area contributed by atoms with Crippen LogP contribution in [0.15, 0.2) is 22.8 Å². The first-order valence-electron chi connectivity index (χ1n) is 2.20. The molecule has 9 heavy (non-hydrogen) atoms. The molecule has 0 aromatic carbocycles. The Hall–Kier alpha value is -0.735. The molecule has 0 saturated carbocycles. The Balaban J connectivity index is 0.000000640. The molecule has 0 aliphatic heterocycles. The van der Waals surface area contributed by atoms with Crippen LogP contribution in [0.3, 0.4) is 0 Å². The van der Waals surface area contributed by atoms with E-state index < -0.39 is 7.12 Å². The molecule has 0 spiro atoms. The van der Waals surface area contributed by atoms with Gasteiger partial charge in [0.15, 0.2) is 0 Å². The summed E-state index contributed by atoms with van der Waals surface area (Å²) in [4.78, 5) is 0. The first-order valence-corrected chi connectivity index (χ1v) is 2.20. The summed E-state index contributed by atoms with van der Waals surface area (Å²) in [7, 11) is -1.48. The van der Waals surface area contributed by atoms with Crippen molar-refractivity contribution in [3.05, 3.63) is 25.8 Å². The van der Waals surface area contributed by atoms with E-state index in [-0.39, 0.29) is 13.1 Å². The zero-order chi connectivity index (χ0) is 5.98. The van der Waals surface area contributed by atoms with Gasteiger partial charge in [0.2, 0.25) is 0 Å².